The molecule has 33 heavy (non-hydrogen) atoms. The van der Waals surface area contributed by atoms with Crippen LogP contribution in [0.1, 0.15) is 43.0 Å². The summed E-state index contributed by atoms with van der Waals surface area (Å²) in [5, 5.41) is 5.42. The summed E-state index contributed by atoms with van der Waals surface area (Å²) in [6.07, 6.45) is 1.80. The van der Waals surface area contributed by atoms with Gasteiger partial charge in [-0.05, 0) is 57.1 Å². The van der Waals surface area contributed by atoms with E-state index >= 15 is 0 Å². The average Bonchev–Trinajstić information content (AvgIpc) is 2.79. The molecule has 176 valence electrons. The number of amides is 3. The van der Waals surface area contributed by atoms with E-state index in [-0.39, 0.29) is 17.9 Å². The summed E-state index contributed by atoms with van der Waals surface area (Å²) in [6, 6.07) is 13.6. The molecule has 1 heterocycles. The highest BCUT2D eigenvalue weighted by atomic mass is 16.2. The summed E-state index contributed by atoms with van der Waals surface area (Å²) in [5.41, 5.74) is 4.61. The van der Waals surface area contributed by atoms with E-state index in [0.717, 1.165) is 29.7 Å². The van der Waals surface area contributed by atoms with Gasteiger partial charge < -0.3 is 20.4 Å². The van der Waals surface area contributed by atoms with Crippen LogP contribution in [0.5, 0.6) is 0 Å². The molecule has 0 spiro atoms. The molecule has 7 heteroatoms. The SMILES string of the molecule is Cc1ccc(C(CNC(=O)C(=O)Nc2ccc3c(c2)N(C(=O)C(C)C)CCC3)N(C)C)cc1. The molecule has 3 rings (SSSR count). The van der Waals surface area contributed by atoms with Crippen LogP contribution < -0.4 is 15.5 Å². The number of nitrogens with zero attached hydrogens (tertiary/aromatic N) is 2. The summed E-state index contributed by atoms with van der Waals surface area (Å²) in [6.45, 7) is 6.75. The van der Waals surface area contributed by atoms with Gasteiger partial charge >= 0.3 is 11.8 Å². The van der Waals surface area contributed by atoms with Gasteiger partial charge in [-0.3, -0.25) is 14.4 Å². The molecule has 0 fully saturated rings. The van der Waals surface area contributed by atoms with E-state index in [1.807, 2.05) is 70.1 Å². The predicted molar refractivity (Wildman–Crippen MR) is 131 cm³/mol. The maximum atomic E-state index is 12.6. The van der Waals surface area contributed by atoms with Crippen molar-refractivity contribution in [2.24, 2.45) is 5.92 Å². The monoisotopic (exact) mass is 450 g/mol. The van der Waals surface area contributed by atoms with Gasteiger partial charge in [0.05, 0.1) is 6.04 Å². The lowest BCUT2D eigenvalue weighted by molar-refractivity contribution is -0.136. The van der Waals surface area contributed by atoms with Crippen LogP contribution in [0.3, 0.4) is 0 Å². The van der Waals surface area contributed by atoms with Crippen molar-refractivity contribution >= 4 is 29.1 Å². The van der Waals surface area contributed by atoms with E-state index in [9.17, 15) is 14.4 Å². The molecule has 0 saturated heterocycles. The van der Waals surface area contributed by atoms with Crippen molar-refractivity contribution in [1.82, 2.24) is 10.2 Å². The zero-order chi connectivity index (χ0) is 24.1. The van der Waals surface area contributed by atoms with Gasteiger partial charge in [-0.25, -0.2) is 0 Å². The van der Waals surface area contributed by atoms with Crippen LogP contribution in [0.2, 0.25) is 0 Å². The second kappa shape index (κ2) is 10.6. The van der Waals surface area contributed by atoms with Gasteiger partial charge in [-0.1, -0.05) is 49.7 Å². The minimum atomic E-state index is -0.728. The number of aryl methyl sites for hydroxylation is 2. The van der Waals surface area contributed by atoms with Gasteiger partial charge in [0.25, 0.3) is 0 Å². The Bertz CT molecular complexity index is 1010. The zero-order valence-electron chi connectivity index (χ0n) is 20.1. The molecule has 0 aliphatic carbocycles. The van der Waals surface area contributed by atoms with E-state index in [1.165, 1.54) is 5.56 Å². The number of hydrogen-bond acceptors (Lipinski definition) is 4. The summed E-state index contributed by atoms with van der Waals surface area (Å²) in [7, 11) is 3.88. The number of fused-ring (bicyclic) bond motifs is 1. The van der Waals surface area contributed by atoms with Crippen molar-refractivity contribution < 1.29 is 14.4 Å². The quantitative estimate of drug-likeness (QED) is 0.662. The molecule has 2 aromatic carbocycles. The van der Waals surface area contributed by atoms with Crippen molar-refractivity contribution in [2.75, 3.05) is 37.4 Å². The van der Waals surface area contributed by atoms with Gasteiger partial charge in [-0.15, -0.1) is 0 Å². The van der Waals surface area contributed by atoms with E-state index in [4.69, 9.17) is 0 Å². The Balaban J connectivity index is 1.66. The Morgan fingerprint density at radius 3 is 2.36 bits per heavy atom. The number of rotatable bonds is 6. The molecule has 0 bridgehead atoms. The van der Waals surface area contributed by atoms with Crippen LogP contribution in [0.25, 0.3) is 0 Å². The van der Waals surface area contributed by atoms with Gasteiger partial charge in [0, 0.05) is 30.4 Å². The highest BCUT2D eigenvalue weighted by Crippen LogP contribution is 2.31. The molecule has 1 atom stereocenters. The third-order valence-corrected chi connectivity index (χ3v) is 5.97. The van der Waals surface area contributed by atoms with E-state index in [0.29, 0.717) is 18.8 Å². The molecular formula is C26H34N4O3. The number of benzene rings is 2. The Labute approximate surface area is 196 Å². The van der Waals surface area contributed by atoms with E-state index < -0.39 is 11.8 Å². The Hall–Kier alpha value is -3.19. The summed E-state index contributed by atoms with van der Waals surface area (Å²) in [4.78, 5) is 41.5. The fourth-order valence-corrected chi connectivity index (χ4v) is 4.04. The number of anilines is 2. The number of hydrogen-bond donors (Lipinski definition) is 2. The van der Waals surface area contributed by atoms with Crippen LogP contribution >= 0.6 is 0 Å². The summed E-state index contributed by atoms with van der Waals surface area (Å²) < 4.78 is 0. The average molecular weight is 451 g/mol. The lowest BCUT2D eigenvalue weighted by atomic mass is 9.99. The van der Waals surface area contributed by atoms with Crippen molar-refractivity contribution in [2.45, 2.75) is 39.7 Å². The first kappa shape index (κ1) is 24.5. The van der Waals surface area contributed by atoms with Gasteiger partial charge in [0.15, 0.2) is 0 Å². The van der Waals surface area contributed by atoms with Crippen molar-refractivity contribution in [3.05, 3.63) is 59.2 Å². The molecule has 0 radical (unpaired) electrons. The van der Waals surface area contributed by atoms with Gasteiger partial charge in [0.1, 0.15) is 0 Å². The van der Waals surface area contributed by atoms with Crippen LogP contribution in [-0.4, -0.2) is 49.8 Å². The van der Waals surface area contributed by atoms with Crippen molar-refractivity contribution in [3.63, 3.8) is 0 Å². The molecule has 1 aliphatic rings. The first-order chi connectivity index (χ1) is 15.7. The molecule has 7 nitrogen and oxygen atoms in total. The second-order valence-electron chi connectivity index (χ2n) is 9.15. The Kier molecular flexibility index (Phi) is 7.87. The van der Waals surface area contributed by atoms with Crippen LogP contribution in [0, 0.1) is 12.8 Å². The first-order valence-electron chi connectivity index (χ1n) is 11.4. The number of carbonyl (C=O) groups is 3. The van der Waals surface area contributed by atoms with E-state index in [1.54, 1.807) is 17.0 Å². The Morgan fingerprint density at radius 2 is 1.73 bits per heavy atom. The molecule has 0 saturated carbocycles. The van der Waals surface area contributed by atoms with E-state index in [2.05, 4.69) is 10.6 Å². The van der Waals surface area contributed by atoms with Crippen molar-refractivity contribution in [1.29, 1.82) is 0 Å². The lowest BCUT2D eigenvalue weighted by Crippen LogP contribution is -2.40. The highest BCUT2D eigenvalue weighted by Gasteiger charge is 2.25. The third-order valence-electron chi connectivity index (χ3n) is 5.97. The molecule has 3 amide bonds. The maximum Gasteiger partial charge on any atom is 0.313 e. The number of likely N-dealkylation sites (N-methyl/N-ethyl adjacent to an activating group) is 1. The standard InChI is InChI=1S/C26H34N4O3/c1-17(2)26(33)30-14-6-7-19-12-13-21(15-22(19)30)28-25(32)24(31)27-16-23(29(4)5)20-10-8-18(3)9-11-20/h8-13,15,17,23H,6-7,14,16H2,1-5H3,(H,27,31)(H,28,32). The molecular weight excluding hydrogens is 416 g/mol. The van der Waals surface area contributed by atoms with Crippen LogP contribution in [-0.2, 0) is 20.8 Å². The largest absolute Gasteiger partial charge is 0.346 e. The lowest BCUT2D eigenvalue weighted by Gasteiger charge is -2.31. The molecule has 1 aliphatic heterocycles. The normalized spacial score (nSPS) is 14.1. The fourth-order valence-electron chi connectivity index (χ4n) is 4.04. The minimum absolute atomic E-state index is 0.0540. The topological polar surface area (TPSA) is 81.8 Å². The van der Waals surface area contributed by atoms with Crippen LogP contribution in [0.4, 0.5) is 11.4 Å². The highest BCUT2D eigenvalue weighted by molar-refractivity contribution is 6.39. The van der Waals surface area contributed by atoms with Gasteiger partial charge in [-0.2, -0.15) is 0 Å². The summed E-state index contributed by atoms with van der Waals surface area (Å²) >= 11 is 0. The third kappa shape index (κ3) is 5.99. The molecule has 2 N–H and O–H groups in total. The zero-order valence-corrected chi connectivity index (χ0v) is 20.1. The number of carbonyl (C=O) groups excluding carboxylic acids is 3. The maximum absolute atomic E-state index is 12.6. The first-order valence-corrected chi connectivity index (χ1v) is 11.4. The smallest absolute Gasteiger partial charge is 0.313 e. The molecule has 0 aromatic heterocycles. The molecule has 2 aromatic rings. The minimum Gasteiger partial charge on any atom is -0.346 e. The fraction of sp³-hybridized carbons (Fsp3) is 0.423. The Morgan fingerprint density at radius 1 is 1.03 bits per heavy atom. The van der Waals surface area contributed by atoms with Crippen LogP contribution in [0.15, 0.2) is 42.5 Å². The predicted octanol–water partition coefficient (Wildman–Crippen LogP) is 3.29. The summed E-state index contributed by atoms with van der Waals surface area (Å²) in [5.74, 6) is -1.48. The number of nitrogens with one attached hydrogen (secondary N) is 2. The van der Waals surface area contributed by atoms with Gasteiger partial charge in [0.2, 0.25) is 5.91 Å². The van der Waals surface area contributed by atoms with Crippen molar-refractivity contribution in [3.8, 4) is 0 Å². The molecule has 1 unspecified atom stereocenters. The second-order valence-corrected chi connectivity index (χ2v) is 9.15.